The van der Waals surface area contributed by atoms with Crippen LogP contribution in [0.3, 0.4) is 0 Å². The summed E-state index contributed by atoms with van der Waals surface area (Å²) in [6, 6.07) is 11.5. The van der Waals surface area contributed by atoms with Gasteiger partial charge >= 0.3 is 12.1 Å². The van der Waals surface area contributed by atoms with Crippen molar-refractivity contribution in [1.29, 1.82) is 0 Å². The highest BCUT2D eigenvalue weighted by Gasteiger charge is 2.30. The second-order valence-corrected chi connectivity index (χ2v) is 7.37. The van der Waals surface area contributed by atoms with Gasteiger partial charge in [-0.2, -0.15) is 13.2 Å². The highest BCUT2D eigenvalue weighted by molar-refractivity contribution is 5.70. The Bertz CT molecular complexity index is 1040. The molecular weight excluding hydrogens is 411 g/mol. The van der Waals surface area contributed by atoms with Crippen LogP contribution < -0.4 is 4.74 Å². The third-order valence-corrected chi connectivity index (χ3v) is 4.59. The van der Waals surface area contributed by atoms with Crippen LogP contribution >= 0.6 is 0 Å². The Hall–Kier alpha value is -3.29. The Kier molecular flexibility index (Phi) is 6.68. The van der Waals surface area contributed by atoms with Crippen molar-refractivity contribution in [3.63, 3.8) is 0 Å². The Balaban J connectivity index is 1.72. The molecule has 1 N–H and O–H groups in total. The molecule has 3 rings (SSSR count). The topological polar surface area (TPSA) is 72.6 Å². The molecule has 5 nitrogen and oxygen atoms in total. The van der Waals surface area contributed by atoms with Crippen molar-refractivity contribution in [2.24, 2.45) is 0 Å². The molecule has 0 aliphatic rings. The molecule has 8 heteroatoms. The van der Waals surface area contributed by atoms with Crippen LogP contribution in [-0.4, -0.2) is 22.7 Å². The van der Waals surface area contributed by atoms with E-state index in [1.54, 1.807) is 24.3 Å². The summed E-state index contributed by atoms with van der Waals surface area (Å²) in [6.07, 6.45) is -4.08. The molecular formula is C23H22F3NO4. The minimum absolute atomic E-state index is 0.0563. The lowest BCUT2D eigenvalue weighted by Crippen LogP contribution is -2.04. The molecule has 0 radical (unpaired) electrons. The zero-order chi connectivity index (χ0) is 22.6. The van der Waals surface area contributed by atoms with Crippen LogP contribution in [0.2, 0.25) is 0 Å². The first-order valence-corrected chi connectivity index (χ1v) is 9.74. The smallest absolute Gasteiger partial charge is 0.416 e. The number of halogens is 3. The van der Waals surface area contributed by atoms with Gasteiger partial charge in [0.05, 0.1) is 24.3 Å². The van der Waals surface area contributed by atoms with Crippen LogP contribution in [0.25, 0.3) is 11.5 Å². The number of hydrogen-bond donors (Lipinski definition) is 1. The van der Waals surface area contributed by atoms with Gasteiger partial charge < -0.3 is 14.3 Å². The zero-order valence-corrected chi connectivity index (χ0v) is 17.1. The van der Waals surface area contributed by atoms with E-state index >= 15 is 0 Å². The van der Waals surface area contributed by atoms with Crippen molar-refractivity contribution in [2.45, 2.75) is 38.8 Å². The average molecular weight is 433 g/mol. The quantitative estimate of drug-likeness (QED) is 0.491. The molecule has 0 saturated carbocycles. The van der Waals surface area contributed by atoms with Gasteiger partial charge in [0.2, 0.25) is 5.89 Å². The predicted octanol–water partition coefficient (Wildman–Crippen LogP) is 5.73. The standard InChI is InChI=1S/C23H22F3NO4/c1-14(2)21-19(10-11-30-18-5-3-4-15(12-18)13-20(28)29)31-22(27-21)16-6-8-17(9-7-16)23(24,25)26/h3-9,12,14H,10-11,13H2,1-2H3,(H,28,29). The zero-order valence-electron chi connectivity index (χ0n) is 17.1. The minimum Gasteiger partial charge on any atom is -0.493 e. The summed E-state index contributed by atoms with van der Waals surface area (Å²) in [4.78, 5) is 15.3. The summed E-state index contributed by atoms with van der Waals surface area (Å²) in [5, 5.41) is 8.90. The summed E-state index contributed by atoms with van der Waals surface area (Å²) in [5.74, 6) is 0.548. The minimum atomic E-state index is -4.40. The van der Waals surface area contributed by atoms with E-state index in [1.807, 2.05) is 13.8 Å². The summed E-state index contributed by atoms with van der Waals surface area (Å²) >= 11 is 0. The number of carbonyl (C=O) groups is 1. The van der Waals surface area contributed by atoms with Crippen molar-refractivity contribution >= 4 is 5.97 Å². The maximum absolute atomic E-state index is 12.8. The van der Waals surface area contributed by atoms with E-state index in [9.17, 15) is 18.0 Å². The van der Waals surface area contributed by atoms with Crippen LogP contribution in [-0.2, 0) is 23.8 Å². The molecule has 0 saturated heterocycles. The second-order valence-electron chi connectivity index (χ2n) is 7.37. The lowest BCUT2D eigenvalue weighted by atomic mass is 10.1. The van der Waals surface area contributed by atoms with E-state index in [4.69, 9.17) is 14.3 Å². The monoisotopic (exact) mass is 433 g/mol. The van der Waals surface area contributed by atoms with E-state index in [-0.39, 0.29) is 24.8 Å². The molecule has 0 aliphatic heterocycles. The number of aromatic nitrogens is 1. The number of hydrogen-bond acceptors (Lipinski definition) is 4. The Morgan fingerprint density at radius 1 is 1.16 bits per heavy atom. The fourth-order valence-corrected chi connectivity index (χ4v) is 3.10. The molecule has 0 atom stereocenters. The second kappa shape index (κ2) is 9.24. The van der Waals surface area contributed by atoms with Gasteiger partial charge in [-0.05, 0) is 47.9 Å². The number of oxazole rings is 1. The van der Waals surface area contributed by atoms with Gasteiger partial charge in [-0.1, -0.05) is 26.0 Å². The SMILES string of the molecule is CC(C)c1nc(-c2ccc(C(F)(F)F)cc2)oc1CCOc1cccc(CC(=O)O)c1. The molecule has 0 bridgehead atoms. The van der Waals surface area contributed by atoms with Crippen LogP contribution in [0.5, 0.6) is 5.75 Å². The molecule has 164 valence electrons. The van der Waals surface area contributed by atoms with Crippen LogP contribution in [0.1, 0.15) is 42.3 Å². The van der Waals surface area contributed by atoms with Gasteiger partial charge in [0.25, 0.3) is 0 Å². The number of rotatable bonds is 8. The Morgan fingerprint density at radius 3 is 2.48 bits per heavy atom. The Morgan fingerprint density at radius 2 is 1.87 bits per heavy atom. The van der Waals surface area contributed by atoms with Gasteiger partial charge in [0.1, 0.15) is 11.5 Å². The summed E-state index contributed by atoms with van der Waals surface area (Å²) < 4.78 is 49.9. The molecule has 3 aromatic rings. The maximum Gasteiger partial charge on any atom is 0.416 e. The van der Waals surface area contributed by atoms with Crippen molar-refractivity contribution in [3.05, 3.63) is 71.1 Å². The first kappa shape index (κ1) is 22.4. The molecule has 0 aliphatic carbocycles. The number of carboxylic acids is 1. The molecule has 0 unspecified atom stereocenters. The van der Waals surface area contributed by atoms with Crippen molar-refractivity contribution < 1.29 is 32.2 Å². The Labute approximate surface area is 177 Å². The van der Waals surface area contributed by atoms with Crippen molar-refractivity contribution in [3.8, 4) is 17.2 Å². The van der Waals surface area contributed by atoms with Gasteiger partial charge in [0, 0.05) is 12.0 Å². The van der Waals surface area contributed by atoms with Crippen LogP contribution in [0.4, 0.5) is 13.2 Å². The van der Waals surface area contributed by atoms with E-state index in [0.717, 1.165) is 17.8 Å². The lowest BCUT2D eigenvalue weighted by Gasteiger charge is -2.08. The molecule has 1 heterocycles. The average Bonchev–Trinajstić information content (AvgIpc) is 3.12. The molecule has 0 spiro atoms. The van der Waals surface area contributed by atoms with Gasteiger partial charge in [-0.3, -0.25) is 4.79 Å². The lowest BCUT2D eigenvalue weighted by molar-refractivity contribution is -0.138. The number of alkyl halides is 3. The largest absolute Gasteiger partial charge is 0.493 e. The number of benzene rings is 2. The summed E-state index contributed by atoms with van der Waals surface area (Å²) in [7, 11) is 0. The number of carboxylic acid groups (broad SMARTS) is 1. The van der Waals surface area contributed by atoms with Crippen molar-refractivity contribution in [1.82, 2.24) is 4.98 Å². The number of ether oxygens (including phenoxy) is 1. The predicted molar refractivity (Wildman–Crippen MR) is 108 cm³/mol. The molecule has 2 aromatic carbocycles. The fraction of sp³-hybridized carbons (Fsp3) is 0.304. The van der Waals surface area contributed by atoms with Gasteiger partial charge in [-0.25, -0.2) is 4.98 Å². The third-order valence-electron chi connectivity index (χ3n) is 4.59. The first-order valence-electron chi connectivity index (χ1n) is 9.74. The van der Waals surface area contributed by atoms with E-state index in [0.29, 0.717) is 29.1 Å². The number of aliphatic carboxylic acids is 1. The van der Waals surface area contributed by atoms with Gasteiger partial charge in [0.15, 0.2) is 0 Å². The highest BCUT2D eigenvalue weighted by atomic mass is 19.4. The summed E-state index contributed by atoms with van der Waals surface area (Å²) in [5.41, 5.74) is 1.09. The molecule has 0 fully saturated rings. The van der Waals surface area contributed by atoms with Crippen LogP contribution in [0.15, 0.2) is 52.9 Å². The van der Waals surface area contributed by atoms with Crippen LogP contribution in [0, 0.1) is 0 Å². The molecule has 31 heavy (non-hydrogen) atoms. The number of nitrogens with zero attached hydrogens (tertiary/aromatic N) is 1. The van der Waals surface area contributed by atoms with Crippen molar-refractivity contribution in [2.75, 3.05) is 6.61 Å². The van der Waals surface area contributed by atoms with E-state index < -0.39 is 17.7 Å². The highest BCUT2D eigenvalue weighted by Crippen LogP contribution is 2.32. The third kappa shape index (κ3) is 5.87. The van der Waals surface area contributed by atoms with E-state index in [2.05, 4.69) is 4.98 Å². The van der Waals surface area contributed by atoms with Gasteiger partial charge in [-0.15, -0.1) is 0 Å². The first-order chi connectivity index (χ1) is 14.6. The molecule has 1 aromatic heterocycles. The summed E-state index contributed by atoms with van der Waals surface area (Å²) in [6.45, 7) is 4.18. The maximum atomic E-state index is 12.8. The fourth-order valence-electron chi connectivity index (χ4n) is 3.10. The molecule has 0 amide bonds. The normalized spacial score (nSPS) is 11.7. The van der Waals surface area contributed by atoms with E-state index in [1.165, 1.54) is 12.1 Å².